The number of urea groups is 1. The van der Waals surface area contributed by atoms with Crippen molar-refractivity contribution in [3.8, 4) is 0 Å². The molecular weight excluding hydrogens is 390 g/mol. The van der Waals surface area contributed by atoms with E-state index in [1.54, 1.807) is 35.1 Å². The van der Waals surface area contributed by atoms with Crippen LogP contribution in [0.4, 0.5) is 16.2 Å². The van der Waals surface area contributed by atoms with Crippen LogP contribution in [0.2, 0.25) is 0 Å². The molecule has 2 amide bonds. The number of carbonyl (C=O) groups excluding carboxylic acids is 1. The molecule has 0 bridgehead atoms. The number of amides is 2. The number of hydrogen-bond donors (Lipinski definition) is 3. The van der Waals surface area contributed by atoms with Gasteiger partial charge in [0, 0.05) is 24.6 Å². The molecule has 8 nitrogen and oxygen atoms in total. The average Bonchev–Trinajstić information content (AvgIpc) is 3.08. The number of anilines is 2. The maximum Gasteiger partial charge on any atom is 0.319 e. The van der Waals surface area contributed by atoms with E-state index in [0.717, 1.165) is 11.1 Å². The molecule has 2 aromatic heterocycles. The molecule has 29 heavy (non-hydrogen) atoms. The topological polar surface area (TPSA) is 105 Å². The molecule has 0 spiro atoms. The van der Waals surface area contributed by atoms with Gasteiger partial charge in [-0.3, -0.25) is 4.72 Å². The largest absolute Gasteiger partial charge is 0.337 e. The molecule has 0 unspecified atom stereocenters. The Morgan fingerprint density at radius 1 is 1.07 bits per heavy atom. The van der Waals surface area contributed by atoms with E-state index < -0.39 is 16.1 Å². The van der Waals surface area contributed by atoms with E-state index in [0.29, 0.717) is 11.4 Å². The molecule has 0 aliphatic carbocycles. The molecule has 0 atom stereocenters. The van der Waals surface area contributed by atoms with Crippen LogP contribution < -0.4 is 15.4 Å². The van der Waals surface area contributed by atoms with Crippen molar-refractivity contribution in [1.82, 2.24) is 14.9 Å². The number of nitrogens with zero attached hydrogens (tertiary/aromatic N) is 2. The van der Waals surface area contributed by atoms with Crippen molar-refractivity contribution in [1.29, 1.82) is 0 Å². The summed E-state index contributed by atoms with van der Waals surface area (Å²) in [4.78, 5) is 12.0. The fourth-order valence-corrected chi connectivity index (χ4v) is 3.70. The van der Waals surface area contributed by atoms with E-state index in [1.165, 1.54) is 0 Å². The second kappa shape index (κ2) is 8.12. The number of sulfonamides is 1. The third-order valence-electron chi connectivity index (χ3n) is 4.34. The van der Waals surface area contributed by atoms with Crippen LogP contribution in [0, 0.1) is 0 Å². The molecule has 3 N–H and O–H groups in total. The number of nitrogens with one attached hydrogen (secondary N) is 3. The van der Waals surface area contributed by atoms with Crippen molar-refractivity contribution in [3.05, 3.63) is 60.4 Å². The van der Waals surface area contributed by atoms with Gasteiger partial charge in [-0.2, -0.15) is 5.10 Å². The number of benzene rings is 1. The molecule has 154 valence electrons. The Hall–Kier alpha value is -3.07. The predicted octanol–water partition coefficient (Wildman–Crippen LogP) is 3.20. The Morgan fingerprint density at radius 3 is 2.48 bits per heavy atom. The number of fused-ring (bicyclic) bond motifs is 1. The van der Waals surface area contributed by atoms with Crippen LogP contribution >= 0.6 is 0 Å². The first-order valence-electron chi connectivity index (χ1n) is 9.22. The fourth-order valence-electron chi connectivity index (χ4n) is 2.74. The third-order valence-corrected chi connectivity index (χ3v) is 5.63. The van der Waals surface area contributed by atoms with Crippen molar-refractivity contribution in [2.24, 2.45) is 0 Å². The zero-order valence-corrected chi connectivity index (χ0v) is 17.5. The monoisotopic (exact) mass is 415 g/mol. The van der Waals surface area contributed by atoms with Crippen molar-refractivity contribution >= 4 is 32.9 Å². The normalized spacial score (nSPS) is 12.0. The van der Waals surface area contributed by atoms with E-state index in [9.17, 15) is 13.2 Å². The van der Waals surface area contributed by atoms with Crippen molar-refractivity contribution in [3.63, 3.8) is 0 Å². The molecular formula is C20H25N5O3S. The lowest BCUT2D eigenvalue weighted by molar-refractivity contribution is 0.252. The lowest BCUT2D eigenvalue weighted by atomic mass is 9.87. The third kappa shape index (κ3) is 5.71. The van der Waals surface area contributed by atoms with E-state index in [1.807, 2.05) is 24.3 Å². The van der Waals surface area contributed by atoms with Crippen LogP contribution in [0.5, 0.6) is 0 Å². The molecule has 0 radical (unpaired) electrons. The van der Waals surface area contributed by atoms with Gasteiger partial charge in [0.2, 0.25) is 10.0 Å². The van der Waals surface area contributed by atoms with Gasteiger partial charge in [0.05, 0.1) is 17.0 Å². The van der Waals surface area contributed by atoms with Crippen LogP contribution in [-0.2, 0) is 15.4 Å². The molecule has 0 aliphatic heterocycles. The minimum atomic E-state index is -3.60. The molecule has 2 heterocycles. The summed E-state index contributed by atoms with van der Waals surface area (Å²) >= 11 is 0. The van der Waals surface area contributed by atoms with Crippen molar-refractivity contribution in [2.75, 3.05) is 22.3 Å². The summed E-state index contributed by atoms with van der Waals surface area (Å²) in [7, 11) is -3.60. The van der Waals surface area contributed by atoms with Crippen LogP contribution in [0.25, 0.3) is 5.52 Å². The summed E-state index contributed by atoms with van der Waals surface area (Å²) < 4.78 is 28.6. The molecule has 1 aromatic carbocycles. The quantitative estimate of drug-likeness (QED) is 0.575. The Morgan fingerprint density at radius 2 is 1.79 bits per heavy atom. The summed E-state index contributed by atoms with van der Waals surface area (Å²) in [5, 5.41) is 9.32. The zero-order valence-electron chi connectivity index (χ0n) is 16.6. The van der Waals surface area contributed by atoms with Crippen LogP contribution in [0.15, 0.2) is 54.9 Å². The van der Waals surface area contributed by atoms with Crippen LogP contribution in [-0.4, -0.2) is 36.4 Å². The van der Waals surface area contributed by atoms with Crippen molar-refractivity contribution in [2.45, 2.75) is 26.2 Å². The minimum Gasteiger partial charge on any atom is -0.337 e. The molecule has 9 heteroatoms. The number of hydrogen-bond acceptors (Lipinski definition) is 4. The summed E-state index contributed by atoms with van der Waals surface area (Å²) in [5.74, 6) is -0.242. The van der Waals surface area contributed by atoms with Gasteiger partial charge in [0.25, 0.3) is 0 Å². The first-order valence-corrected chi connectivity index (χ1v) is 10.9. The molecule has 3 rings (SSSR count). The maximum atomic E-state index is 12.2. The highest BCUT2D eigenvalue weighted by atomic mass is 32.2. The number of rotatable bonds is 6. The van der Waals surface area contributed by atoms with Gasteiger partial charge < -0.3 is 10.6 Å². The van der Waals surface area contributed by atoms with Gasteiger partial charge in [-0.05, 0) is 41.3 Å². The summed E-state index contributed by atoms with van der Waals surface area (Å²) in [6, 6.07) is 12.2. The molecule has 0 fully saturated rings. The first kappa shape index (κ1) is 20.7. The predicted molar refractivity (Wildman–Crippen MR) is 115 cm³/mol. The molecule has 0 saturated heterocycles. The standard InChI is InChI=1S/C20H25N5O3S/c1-20(2,3)15-4-6-16(7-5-15)23-19(26)21-11-13-29(27,28)24-17-9-12-25-18(14-17)8-10-22-25/h4-10,12,14,24H,11,13H2,1-3H3,(H2,21,23,26). The van der Waals surface area contributed by atoms with Gasteiger partial charge in [-0.1, -0.05) is 32.9 Å². The smallest absolute Gasteiger partial charge is 0.319 e. The highest BCUT2D eigenvalue weighted by Crippen LogP contribution is 2.23. The van der Waals surface area contributed by atoms with Gasteiger partial charge in [-0.15, -0.1) is 0 Å². The summed E-state index contributed by atoms with van der Waals surface area (Å²) in [6.07, 6.45) is 3.30. The lowest BCUT2D eigenvalue weighted by Crippen LogP contribution is -2.34. The lowest BCUT2D eigenvalue weighted by Gasteiger charge is -2.19. The summed E-state index contributed by atoms with van der Waals surface area (Å²) in [5.41, 5.74) is 3.06. The van der Waals surface area contributed by atoms with E-state index in [4.69, 9.17) is 0 Å². The van der Waals surface area contributed by atoms with Gasteiger partial charge in [0.15, 0.2) is 0 Å². The number of carbonyl (C=O) groups is 1. The van der Waals surface area contributed by atoms with Gasteiger partial charge >= 0.3 is 6.03 Å². The second-order valence-corrected chi connectivity index (χ2v) is 9.59. The Bertz CT molecular complexity index is 1100. The minimum absolute atomic E-state index is 0.0177. The number of aromatic nitrogens is 2. The highest BCUT2D eigenvalue weighted by Gasteiger charge is 2.14. The first-order chi connectivity index (χ1) is 13.6. The Labute approximate surface area is 170 Å². The fraction of sp³-hybridized carbons (Fsp3) is 0.300. The van der Waals surface area contributed by atoms with Gasteiger partial charge in [0.1, 0.15) is 0 Å². The van der Waals surface area contributed by atoms with E-state index in [-0.39, 0.29) is 17.7 Å². The van der Waals surface area contributed by atoms with E-state index >= 15 is 0 Å². The molecule has 3 aromatic rings. The SMILES string of the molecule is CC(C)(C)c1ccc(NC(=O)NCCS(=O)(=O)Nc2ccn3nccc3c2)cc1. The zero-order chi connectivity index (χ0) is 21.1. The highest BCUT2D eigenvalue weighted by molar-refractivity contribution is 7.92. The number of pyridine rings is 1. The Balaban J connectivity index is 1.48. The van der Waals surface area contributed by atoms with Crippen molar-refractivity contribution < 1.29 is 13.2 Å². The van der Waals surface area contributed by atoms with E-state index in [2.05, 4.69) is 41.2 Å². The summed E-state index contributed by atoms with van der Waals surface area (Å²) in [6.45, 7) is 6.33. The Kier molecular flexibility index (Phi) is 5.78. The van der Waals surface area contributed by atoms with Crippen LogP contribution in [0.1, 0.15) is 26.3 Å². The molecule has 0 saturated carbocycles. The maximum absolute atomic E-state index is 12.2. The molecule has 0 aliphatic rings. The van der Waals surface area contributed by atoms with Gasteiger partial charge in [-0.25, -0.2) is 17.7 Å². The second-order valence-electron chi connectivity index (χ2n) is 7.75. The average molecular weight is 416 g/mol. The van der Waals surface area contributed by atoms with Crippen LogP contribution in [0.3, 0.4) is 0 Å².